The molecule has 0 saturated carbocycles. The van der Waals surface area contributed by atoms with Crippen LogP contribution in [0.1, 0.15) is 61.8 Å². The third-order valence-electron chi connectivity index (χ3n) is 11.1. The van der Waals surface area contributed by atoms with E-state index in [1.54, 1.807) is 28.4 Å². The van der Waals surface area contributed by atoms with E-state index in [4.69, 9.17) is 24.2 Å². The minimum Gasteiger partial charge on any atom is -0.453 e. The Morgan fingerprint density at radius 3 is 2.14 bits per heavy atom. The molecule has 0 bridgehead atoms. The molecule has 4 aromatic rings. The molecule has 1 unspecified atom stereocenters. The third kappa shape index (κ3) is 8.84. The van der Waals surface area contributed by atoms with Gasteiger partial charge in [0.1, 0.15) is 23.7 Å². The SMILES string of the molecule is COC(=O)N[C@@H](Cc1cscn1)C(=O)N1CCC[C@H]1c1ncc(-c2ccc(-c3ccc(C4CN=C([C@@H]5CCCN5C(=O)[C@@H](NC(=O)OC)[C@@H](C)OC)N4)cc3)cc2)[nH]1. The van der Waals surface area contributed by atoms with E-state index >= 15 is 0 Å². The summed E-state index contributed by atoms with van der Waals surface area (Å²) in [5.74, 6) is 1.05. The first-order chi connectivity index (χ1) is 28.2. The molecule has 2 aromatic carbocycles. The van der Waals surface area contributed by atoms with Gasteiger partial charge in [-0.05, 0) is 54.9 Å². The van der Waals surface area contributed by atoms with E-state index < -0.39 is 30.4 Å². The number of hydrogen-bond acceptors (Lipinski definition) is 12. The van der Waals surface area contributed by atoms with E-state index in [2.05, 4.69) is 62.3 Å². The highest BCUT2D eigenvalue weighted by Crippen LogP contribution is 2.33. The molecule has 0 aliphatic carbocycles. The number of carbonyl (C=O) groups is 4. The first kappa shape index (κ1) is 40.4. The fourth-order valence-electron chi connectivity index (χ4n) is 7.91. The number of nitrogens with zero attached hydrogens (tertiary/aromatic N) is 5. The van der Waals surface area contributed by atoms with Crippen molar-refractivity contribution in [3.05, 3.63) is 82.7 Å². The maximum Gasteiger partial charge on any atom is 0.407 e. The number of ether oxygens (including phenoxy) is 3. The number of aromatic amines is 1. The zero-order valence-electron chi connectivity index (χ0n) is 33.0. The van der Waals surface area contributed by atoms with Crippen LogP contribution in [-0.2, 0) is 30.2 Å². The van der Waals surface area contributed by atoms with Gasteiger partial charge < -0.3 is 44.9 Å². The van der Waals surface area contributed by atoms with Crippen LogP contribution in [0.3, 0.4) is 0 Å². The minimum atomic E-state index is -0.882. The van der Waals surface area contributed by atoms with Crippen LogP contribution >= 0.6 is 11.3 Å². The zero-order chi connectivity index (χ0) is 40.8. The van der Waals surface area contributed by atoms with Gasteiger partial charge in [0, 0.05) is 32.0 Å². The van der Waals surface area contributed by atoms with Crippen LogP contribution in [0.25, 0.3) is 22.4 Å². The topological polar surface area (TPSA) is 192 Å². The quantitative estimate of drug-likeness (QED) is 0.148. The molecule has 6 atom stereocenters. The summed E-state index contributed by atoms with van der Waals surface area (Å²) in [6.07, 6.45) is 3.34. The number of thiazole rings is 1. The largest absolute Gasteiger partial charge is 0.453 e. The zero-order valence-corrected chi connectivity index (χ0v) is 33.8. The molecular formula is C41H49N9O7S. The lowest BCUT2D eigenvalue weighted by Crippen LogP contribution is -2.57. The average molecular weight is 812 g/mol. The second-order valence-electron chi connectivity index (χ2n) is 14.6. The molecule has 3 aliphatic heterocycles. The predicted molar refractivity (Wildman–Crippen MR) is 217 cm³/mol. The normalized spacial score (nSPS) is 20.5. The highest BCUT2D eigenvalue weighted by atomic mass is 32.1. The maximum atomic E-state index is 13.8. The first-order valence-corrected chi connectivity index (χ1v) is 20.4. The lowest BCUT2D eigenvalue weighted by atomic mass is 9.99. The molecule has 0 radical (unpaired) electrons. The number of hydrogen-bond donors (Lipinski definition) is 4. The lowest BCUT2D eigenvalue weighted by Gasteiger charge is -2.31. The standard InChI is InChI=1S/C41H49N9O7S/c1-24(55-2)35(48-41(54)57-4)39(52)50-18-6-8-34(50)37-43-21-32(46-37)28-15-11-26(12-16-28)25-9-13-27(14-10-25)31-20-42-36(45-31)33-7-5-17-49(33)38(51)30(47-40(53)56-3)19-29-22-58-23-44-29/h9-16,20,22-24,30,32-35H,5-8,17-19,21H2,1-4H3,(H,42,45)(H,43,46)(H,47,53)(H,48,54)/t24-,30+,32?,33+,34+,35+/m1/s1. The molecule has 4 amide bonds. The minimum absolute atomic E-state index is 0.0283. The Labute approximate surface area is 340 Å². The molecule has 58 heavy (non-hydrogen) atoms. The average Bonchev–Trinajstić information content (AvgIpc) is 4.11. The van der Waals surface area contributed by atoms with Crippen molar-refractivity contribution in [2.24, 2.45) is 4.99 Å². The number of amidine groups is 1. The third-order valence-corrected chi connectivity index (χ3v) is 11.8. The Kier molecular flexibility index (Phi) is 12.7. The number of carbonyl (C=O) groups excluding carboxylic acids is 4. The van der Waals surface area contributed by atoms with Crippen molar-refractivity contribution in [3.63, 3.8) is 0 Å². The summed E-state index contributed by atoms with van der Waals surface area (Å²) in [6.45, 7) is 3.41. The Morgan fingerprint density at radius 1 is 0.845 bits per heavy atom. The molecule has 16 nitrogen and oxygen atoms in total. The second-order valence-corrected chi connectivity index (χ2v) is 15.3. The molecule has 17 heteroatoms. The van der Waals surface area contributed by atoms with Crippen LogP contribution in [0.2, 0.25) is 0 Å². The number of imidazole rings is 1. The van der Waals surface area contributed by atoms with Gasteiger partial charge >= 0.3 is 12.2 Å². The summed E-state index contributed by atoms with van der Waals surface area (Å²) in [4.78, 5) is 72.4. The maximum absolute atomic E-state index is 13.8. The molecule has 7 rings (SSSR count). The van der Waals surface area contributed by atoms with Crippen molar-refractivity contribution >= 4 is 41.2 Å². The van der Waals surface area contributed by atoms with Gasteiger partial charge in [-0.1, -0.05) is 48.5 Å². The highest BCUT2D eigenvalue weighted by Gasteiger charge is 2.41. The van der Waals surface area contributed by atoms with Crippen LogP contribution < -0.4 is 16.0 Å². The Hall–Kier alpha value is -5.81. The van der Waals surface area contributed by atoms with Crippen LogP contribution in [0.4, 0.5) is 9.59 Å². The van der Waals surface area contributed by atoms with Gasteiger partial charge in [0.05, 0.1) is 68.1 Å². The predicted octanol–water partition coefficient (Wildman–Crippen LogP) is 4.62. The van der Waals surface area contributed by atoms with E-state index in [1.165, 1.54) is 32.7 Å². The molecule has 2 fully saturated rings. The number of H-pyrrole nitrogens is 1. The highest BCUT2D eigenvalue weighted by molar-refractivity contribution is 7.07. The van der Waals surface area contributed by atoms with E-state index in [-0.39, 0.29) is 36.4 Å². The molecule has 306 valence electrons. The number of aliphatic imine (C=N–C) groups is 1. The van der Waals surface area contributed by atoms with Crippen molar-refractivity contribution in [3.8, 4) is 22.4 Å². The van der Waals surface area contributed by atoms with Gasteiger partial charge in [-0.15, -0.1) is 11.3 Å². The summed E-state index contributed by atoms with van der Waals surface area (Å²) >= 11 is 1.44. The van der Waals surface area contributed by atoms with Gasteiger partial charge in [-0.3, -0.25) is 14.6 Å². The molecular weight excluding hydrogens is 763 g/mol. The van der Waals surface area contributed by atoms with Gasteiger partial charge in [0.15, 0.2) is 0 Å². The molecule has 3 aliphatic rings. The van der Waals surface area contributed by atoms with E-state index in [9.17, 15) is 19.2 Å². The Morgan fingerprint density at radius 2 is 1.48 bits per heavy atom. The van der Waals surface area contributed by atoms with Crippen molar-refractivity contribution in [2.75, 3.05) is 41.0 Å². The smallest absolute Gasteiger partial charge is 0.407 e. The van der Waals surface area contributed by atoms with Gasteiger partial charge in [0.25, 0.3) is 0 Å². The second kappa shape index (κ2) is 18.2. The van der Waals surface area contributed by atoms with E-state index in [1.807, 2.05) is 17.5 Å². The van der Waals surface area contributed by atoms with Crippen molar-refractivity contribution in [1.29, 1.82) is 0 Å². The van der Waals surface area contributed by atoms with E-state index in [0.717, 1.165) is 65.2 Å². The van der Waals surface area contributed by atoms with Gasteiger partial charge in [-0.2, -0.15) is 0 Å². The lowest BCUT2D eigenvalue weighted by molar-refractivity contribution is -0.136. The molecule has 5 heterocycles. The number of likely N-dealkylation sites (tertiary alicyclic amines) is 2. The van der Waals surface area contributed by atoms with Crippen molar-refractivity contribution in [2.45, 2.75) is 75.3 Å². The molecule has 0 spiro atoms. The van der Waals surface area contributed by atoms with Gasteiger partial charge in [0.2, 0.25) is 11.8 Å². The van der Waals surface area contributed by atoms with Crippen LogP contribution in [-0.4, -0.2) is 120 Å². The summed E-state index contributed by atoms with van der Waals surface area (Å²) in [7, 11) is 4.04. The summed E-state index contributed by atoms with van der Waals surface area (Å²) in [6, 6.07) is 14.5. The summed E-state index contributed by atoms with van der Waals surface area (Å²) in [5, 5.41) is 10.8. The summed E-state index contributed by atoms with van der Waals surface area (Å²) in [5.41, 5.74) is 7.46. The van der Waals surface area contributed by atoms with E-state index in [0.29, 0.717) is 25.5 Å². The molecule has 2 aromatic heterocycles. The fraction of sp³-hybridized carbons (Fsp3) is 0.439. The number of rotatable bonds is 13. The number of amides is 4. The number of alkyl carbamates (subject to hydrolysis) is 2. The Bertz CT molecular complexity index is 2090. The van der Waals surface area contributed by atoms with Crippen LogP contribution in [0, 0.1) is 0 Å². The monoisotopic (exact) mass is 811 g/mol. The molecule has 4 N–H and O–H groups in total. The number of methoxy groups -OCH3 is 3. The Balaban J connectivity index is 0.967. The number of nitrogens with one attached hydrogen (secondary N) is 4. The van der Waals surface area contributed by atoms with Crippen LogP contribution in [0.15, 0.2) is 70.6 Å². The number of aromatic nitrogens is 3. The van der Waals surface area contributed by atoms with Crippen molar-refractivity contribution in [1.82, 2.24) is 40.7 Å². The van der Waals surface area contributed by atoms with Gasteiger partial charge in [-0.25, -0.2) is 19.6 Å². The first-order valence-electron chi connectivity index (χ1n) is 19.4. The number of benzene rings is 2. The molecule has 2 saturated heterocycles. The van der Waals surface area contributed by atoms with Crippen molar-refractivity contribution < 1.29 is 33.4 Å². The summed E-state index contributed by atoms with van der Waals surface area (Å²) < 4.78 is 15.0. The fourth-order valence-corrected chi connectivity index (χ4v) is 8.48. The van der Waals surface area contributed by atoms with Crippen LogP contribution in [0.5, 0.6) is 0 Å².